The number of nitrogens with one attached hydrogen (secondary N) is 1. The predicted molar refractivity (Wildman–Crippen MR) is 78.1 cm³/mol. The van der Waals surface area contributed by atoms with Gasteiger partial charge in [0, 0.05) is 13.2 Å². The van der Waals surface area contributed by atoms with Crippen LogP contribution in [0.15, 0.2) is 24.3 Å². The van der Waals surface area contributed by atoms with E-state index in [9.17, 15) is 9.59 Å². The van der Waals surface area contributed by atoms with Crippen molar-refractivity contribution >= 4 is 11.9 Å². The Morgan fingerprint density at radius 3 is 2.38 bits per heavy atom. The quantitative estimate of drug-likeness (QED) is 0.843. The summed E-state index contributed by atoms with van der Waals surface area (Å²) in [7, 11) is 0. The van der Waals surface area contributed by atoms with E-state index in [1.165, 1.54) is 12.1 Å². The number of aromatic carboxylic acids is 1. The van der Waals surface area contributed by atoms with Crippen LogP contribution in [0.4, 0.5) is 0 Å². The maximum atomic E-state index is 12.4. The predicted octanol–water partition coefficient (Wildman–Crippen LogP) is 2.35. The second-order valence-electron chi connectivity index (χ2n) is 5.32. The lowest BCUT2D eigenvalue weighted by atomic mass is 10.0. The zero-order valence-electron chi connectivity index (χ0n) is 12.2. The van der Waals surface area contributed by atoms with Crippen LogP contribution in [0, 0.1) is 0 Å². The first-order chi connectivity index (χ1) is 10.1. The monoisotopic (exact) mass is 291 g/mol. The summed E-state index contributed by atoms with van der Waals surface area (Å²) in [6.07, 6.45) is 3.57. The molecule has 2 rings (SSSR count). The molecule has 1 aromatic carbocycles. The molecule has 0 bridgehead atoms. The highest BCUT2D eigenvalue weighted by atomic mass is 16.5. The van der Waals surface area contributed by atoms with E-state index in [0.717, 1.165) is 31.2 Å². The molecule has 0 saturated heterocycles. The third kappa shape index (κ3) is 3.61. The molecule has 21 heavy (non-hydrogen) atoms. The molecule has 1 aliphatic carbocycles. The summed E-state index contributed by atoms with van der Waals surface area (Å²) < 4.78 is 5.70. The fourth-order valence-corrected chi connectivity index (χ4v) is 2.77. The molecule has 5 heteroatoms. The molecule has 0 unspecified atom stereocenters. The number of carbonyl (C=O) groups excluding carboxylic acids is 1. The van der Waals surface area contributed by atoms with E-state index in [1.54, 1.807) is 12.1 Å². The maximum Gasteiger partial charge on any atom is 0.335 e. The Morgan fingerprint density at radius 2 is 1.86 bits per heavy atom. The van der Waals surface area contributed by atoms with E-state index in [1.807, 2.05) is 6.92 Å². The van der Waals surface area contributed by atoms with Gasteiger partial charge in [-0.3, -0.25) is 4.79 Å². The summed E-state index contributed by atoms with van der Waals surface area (Å²) in [6.45, 7) is 2.81. The van der Waals surface area contributed by atoms with Gasteiger partial charge in [0.25, 0.3) is 5.91 Å². The van der Waals surface area contributed by atoms with Crippen molar-refractivity contribution in [2.75, 3.05) is 6.61 Å². The van der Waals surface area contributed by atoms with Gasteiger partial charge in [-0.15, -0.1) is 0 Å². The molecule has 0 atom stereocenters. The summed E-state index contributed by atoms with van der Waals surface area (Å²) in [4.78, 5) is 23.2. The lowest BCUT2D eigenvalue weighted by molar-refractivity contribution is -0.146. The minimum atomic E-state index is -0.952. The molecular formula is C16H21NO4. The van der Waals surface area contributed by atoms with Crippen LogP contribution in [0.5, 0.6) is 0 Å². The normalized spacial score (nSPS) is 16.6. The third-order valence-corrected chi connectivity index (χ3v) is 3.90. The van der Waals surface area contributed by atoms with Gasteiger partial charge in [-0.1, -0.05) is 12.1 Å². The van der Waals surface area contributed by atoms with Crippen LogP contribution in [0.3, 0.4) is 0 Å². The van der Waals surface area contributed by atoms with Crippen LogP contribution in [0.2, 0.25) is 0 Å². The SMILES string of the molecule is CCOC1(C(=O)NCc2ccc(C(=O)O)cc2)CCCC1. The molecule has 2 N–H and O–H groups in total. The van der Waals surface area contributed by atoms with Crippen molar-refractivity contribution < 1.29 is 19.4 Å². The molecule has 1 fully saturated rings. The standard InChI is InChI=1S/C16H21NO4/c1-2-21-16(9-3-4-10-16)15(20)17-11-12-5-7-13(8-6-12)14(18)19/h5-8H,2-4,9-11H2,1H3,(H,17,20)(H,18,19). The summed E-state index contributed by atoms with van der Waals surface area (Å²) in [5.74, 6) is -1.02. The minimum Gasteiger partial charge on any atom is -0.478 e. The van der Waals surface area contributed by atoms with Gasteiger partial charge in [-0.25, -0.2) is 4.79 Å². The third-order valence-electron chi connectivity index (χ3n) is 3.90. The first-order valence-electron chi connectivity index (χ1n) is 7.32. The number of carbonyl (C=O) groups is 2. The topological polar surface area (TPSA) is 75.6 Å². The van der Waals surface area contributed by atoms with Crippen molar-refractivity contribution in [1.29, 1.82) is 0 Å². The minimum absolute atomic E-state index is 0.0656. The summed E-state index contributed by atoms with van der Waals surface area (Å²) in [5, 5.41) is 11.7. The second kappa shape index (κ2) is 6.72. The molecule has 0 heterocycles. The van der Waals surface area contributed by atoms with Gasteiger partial charge in [-0.2, -0.15) is 0 Å². The average Bonchev–Trinajstić information content (AvgIpc) is 2.95. The number of benzene rings is 1. The van der Waals surface area contributed by atoms with Gasteiger partial charge in [0.05, 0.1) is 5.56 Å². The van der Waals surface area contributed by atoms with Gasteiger partial charge >= 0.3 is 5.97 Å². The van der Waals surface area contributed by atoms with E-state index < -0.39 is 11.6 Å². The molecule has 114 valence electrons. The Morgan fingerprint density at radius 1 is 1.24 bits per heavy atom. The molecule has 1 amide bonds. The maximum absolute atomic E-state index is 12.4. The Hall–Kier alpha value is -1.88. The number of ether oxygens (including phenoxy) is 1. The summed E-state index contributed by atoms with van der Waals surface area (Å²) >= 11 is 0. The fraction of sp³-hybridized carbons (Fsp3) is 0.500. The van der Waals surface area contributed by atoms with Gasteiger partial charge in [0.2, 0.25) is 0 Å². The molecule has 0 aliphatic heterocycles. The lowest BCUT2D eigenvalue weighted by Crippen LogP contribution is -2.46. The van der Waals surface area contributed by atoms with Crippen LogP contribution in [-0.2, 0) is 16.1 Å². The molecule has 1 aromatic rings. The Bertz CT molecular complexity index is 504. The zero-order valence-corrected chi connectivity index (χ0v) is 12.2. The summed E-state index contributed by atoms with van der Waals surface area (Å²) in [6, 6.07) is 6.51. The van der Waals surface area contributed by atoms with E-state index in [0.29, 0.717) is 13.2 Å². The van der Waals surface area contributed by atoms with Crippen molar-refractivity contribution in [1.82, 2.24) is 5.32 Å². The van der Waals surface area contributed by atoms with E-state index in [2.05, 4.69) is 5.32 Å². The molecule has 5 nitrogen and oxygen atoms in total. The summed E-state index contributed by atoms with van der Waals surface area (Å²) in [5.41, 5.74) is 0.445. The number of hydrogen-bond acceptors (Lipinski definition) is 3. The Labute approximate surface area is 124 Å². The van der Waals surface area contributed by atoms with Gasteiger partial charge in [-0.05, 0) is 50.3 Å². The van der Waals surface area contributed by atoms with E-state index in [4.69, 9.17) is 9.84 Å². The lowest BCUT2D eigenvalue weighted by Gasteiger charge is -2.27. The highest BCUT2D eigenvalue weighted by Crippen LogP contribution is 2.33. The molecule has 0 spiro atoms. The number of hydrogen-bond donors (Lipinski definition) is 2. The number of amides is 1. The molecule has 1 aliphatic rings. The average molecular weight is 291 g/mol. The van der Waals surface area contributed by atoms with Crippen molar-refractivity contribution in [3.8, 4) is 0 Å². The van der Waals surface area contributed by atoms with Crippen LogP contribution in [0.25, 0.3) is 0 Å². The van der Waals surface area contributed by atoms with E-state index in [-0.39, 0.29) is 11.5 Å². The molecule has 1 saturated carbocycles. The number of carboxylic acid groups (broad SMARTS) is 1. The second-order valence-corrected chi connectivity index (χ2v) is 5.32. The van der Waals surface area contributed by atoms with Crippen molar-refractivity contribution in [3.05, 3.63) is 35.4 Å². The number of rotatable bonds is 6. The highest BCUT2D eigenvalue weighted by Gasteiger charge is 2.41. The highest BCUT2D eigenvalue weighted by molar-refractivity contribution is 5.87. The van der Waals surface area contributed by atoms with Crippen LogP contribution in [-0.4, -0.2) is 29.2 Å². The smallest absolute Gasteiger partial charge is 0.335 e. The van der Waals surface area contributed by atoms with Crippen LogP contribution < -0.4 is 5.32 Å². The van der Waals surface area contributed by atoms with Crippen molar-refractivity contribution in [3.63, 3.8) is 0 Å². The Kier molecular flexibility index (Phi) is 4.96. The largest absolute Gasteiger partial charge is 0.478 e. The van der Waals surface area contributed by atoms with E-state index >= 15 is 0 Å². The van der Waals surface area contributed by atoms with Crippen molar-refractivity contribution in [2.45, 2.75) is 44.8 Å². The number of carboxylic acids is 1. The fourth-order valence-electron chi connectivity index (χ4n) is 2.77. The van der Waals surface area contributed by atoms with Gasteiger partial charge < -0.3 is 15.2 Å². The van der Waals surface area contributed by atoms with Crippen LogP contribution in [0.1, 0.15) is 48.5 Å². The van der Waals surface area contributed by atoms with Gasteiger partial charge in [0.1, 0.15) is 5.60 Å². The van der Waals surface area contributed by atoms with Crippen LogP contribution >= 0.6 is 0 Å². The first kappa shape index (κ1) is 15.5. The first-order valence-corrected chi connectivity index (χ1v) is 7.32. The van der Waals surface area contributed by atoms with Crippen molar-refractivity contribution in [2.24, 2.45) is 0 Å². The zero-order chi connectivity index (χ0) is 15.3. The molecular weight excluding hydrogens is 270 g/mol. The Balaban J connectivity index is 1.95. The molecule has 0 aromatic heterocycles. The van der Waals surface area contributed by atoms with Gasteiger partial charge in [0.15, 0.2) is 0 Å². The molecule has 0 radical (unpaired) electrons.